The predicted octanol–water partition coefficient (Wildman–Crippen LogP) is -1.82. The molecule has 0 bridgehead atoms. The Balaban J connectivity index is 3.85. The van der Waals surface area contributed by atoms with Crippen LogP contribution in [0.3, 0.4) is 0 Å². The maximum Gasteiger partial charge on any atom is 0.345 e. The van der Waals surface area contributed by atoms with E-state index in [0.717, 1.165) is 0 Å². The van der Waals surface area contributed by atoms with Gasteiger partial charge in [0.15, 0.2) is 6.10 Å². The Labute approximate surface area is 74.7 Å². The van der Waals surface area contributed by atoms with Crippen LogP contribution in [0.1, 0.15) is 13.3 Å². The van der Waals surface area contributed by atoms with Crippen LogP contribution in [0.15, 0.2) is 0 Å². The zero-order valence-corrected chi connectivity index (χ0v) is 7.14. The van der Waals surface area contributed by atoms with Gasteiger partial charge in [-0.2, -0.15) is 0 Å². The van der Waals surface area contributed by atoms with Crippen LogP contribution in [0.25, 0.3) is 0 Å². The van der Waals surface area contributed by atoms with E-state index in [2.05, 4.69) is 4.74 Å². The standard InChI is InChI=1S/C7H12O6/c1-4(9)2-6(11)13-7(12)5(10)3-8/h4-5,8-10H,2-3H2,1H3/t4-,5?/m1/s1. The lowest BCUT2D eigenvalue weighted by Gasteiger charge is -2.07. The highest BCUT2D eigenvalue weighted by Gasteiger charge is 2.19. The lowest BCUT2D eigenvalue weighted by molar-refractivity contribution is -0.168. The van der Waals surface area contributed by atoms with Crippen molar-refractivity contribution in [3.63, 3.8) is 0 Å². The molecular weight excluding hydrogens is 180 g/mol. The van der Waals surface area contributed by atoms with Crippen LogP contribution >= 0.6 is 0 Å². The first kappa shape index (κ1) is 12.0. The minimum absolute atomic E-state index is 0.329. The molecule has 0 heterocycles. The molecule has 0 amide bonds. The highest BCUT2D eigenvalue weighted by atomic mass is 16.6. The van der Waals surface area contributed by atoms with Crippen LogP contribution in [0.4, 0.5) is 0 Å². The van der Waals surface area contributed by atoms with Gasteiger partial charge >= 0.3 is 11.9 Å². The molecule has 0 fully saturated rings. The molecule has 0 radical (unpaired) electrons. The number of aliphatic hydroxyl groups excluding tert-OH is 3. The molecule has 0 saturated heterocycles. The second kappa shape index (κ2) is 5.63. The van der Waals surface area contributed by atoms with Gasteiger partial charge in [0.05, 0.1) is 19.1 Å². The summed E-state index contributed by atoms with van der Waals surface area (Å²) < 4.78 is 4.07. The predicted molar refractivity (Wildman–Crippen MR) is 40.5 cm³/mol. The number of rotatable bonds is 4. The molecule has 3 N–H and O–H groups in total. The fourth-order valence-electron chi connectivity index (χ4n) is 0.538. The second-order valence-corrected chi connectivity index (χ2v) is 2.54. The Morgan fingerprint density at radius 1 is 1.38 bits per heavy atom. The summed E-state index contributed by atoms with van der Waals surface area (Å²) in [6.45, 7) is 0.551. The van der Waals surface area contributed by atoms with Crippen molar-refractivity contribution < 1.29 is 29.6 Å². The number of carbonyl (C=O) groups excluding carboxylic acids is 2. The molecule has 6 heteroatoms. The minimum Gasteiger partial charge on any atom is -0.393 e. The quantitative estimate of drug-likeness (QED) is 0.358. The average Bonchev–Trinajstić information content (AvgIpc) is 2.01. The summed E-state index contributed by atoms with van der Waals surface area (Å²) in [4.78, 5) is 21.3. The highest BCUT2D eigenvalue weighted by molar-refractivity contribution is 5.87. The second-order valence-electron chi connectivity index (χ2n) is 2.54. The normalized spacial score (nSPS) is 14.8. The average molecular weight is 192 g/mol. The van der Waals surface area contributed by atoms with Gasteiger partial charge in [-0.05, 0) is 6.92 Å². The van der Waals surface area contributed by atoms with Crippen LogP contribution in [0.5, 0.6) is 0 Å². The van der Waals surface area contributed by atoms with E-state index in [9.17, 15) is 9.59 Å². The Hall–Kier alpha value is -0.980. The van der Waals surface area contributed by atoms with Gasteiger partial charge in [0.1, 0.15) is 0 Å². The molecule has 6 nitrogen and oxygen atoms in total. The van der Waals surface area contributed by atoms with Crippen LogP contribution in [0, 0.1) is 0 Å². The van der Waals surface area contributed by atoms with Gasteiger partial charge in [0.25, 0.3) is 0 Å². The molecule has 0 aromatic heterocycles. The van der Waals surface area contributed by atoms with Crippen molar-refractivity contribution >= 4 is 11.9 Å². The molecule has 13 heavy (non-hydrogen) atoms. The summed E-state index contributed by atoms with van der Waals surface area (Å²) in [5.41, 5.74) is 0. The van der Waals surface area contributed by atoms with E-state index in [4.69, 9.17) is 15.3 Å². The van der Waals surface area contributed by atoms with E-state index in [1.165, 1.54) is 6.92 Å². The highest BCUT2D eigenvalue weighted by Crippen LogP contribution is 1.95. The molecule has 2 atom stereocenters. The summed E-state index contributed by atoms with van der Waals surface area (Å²) in [6.07, 6.45) is -2.95. The van der Waals surface area contributed by atoms with E-state index in [0.29, 0.717) is 0 Å². The largest absolute Gasteiger partial charge is 0.393 e. The van der Waals surface area contributed by atoms with Crippen LogP contribution in [-0.2, 0) is 14.3 Å². The van der Waals surface area contributed by atoms with Gasteiger partial charge in [-0.25, -0.2) is 4.79 Å². The fraction of sp³-hybridized carbons (Fsp3) is 0.714. The van der Waals surface area contributed by atoms with E-state index in [-0.39, 0.29) is 6.42 Å². The van der Waals surface area contributed by atoms with Crippen LogP contribution in [-0.4, -0.2) is 46.1 Å². The summed E-state index contributed by atoms with van der Waals surface area (Å²) in [5.74, 6) is -2.15. The first-order chi connectivity index (χ1) is 5.97. The summed E-state index contributed by atoms with van der Waals surface area (Å²) in [7, 11) is 0. The van der Waals surface area contributed by atoms with Crippen molar-refractivity contribution in [2.24, 2.45) is 0 Å². The summed E-state index contributed by atoms with van der Waals surface area (Å²) >= 11 is 0. The molecule has 0 rings (SSSR count). The van der Waals surface area contributed by atoms with Gasteiger partial charge in [0.2, 0.25) is 0 Å². The van der Waals surface area contributed by atoms with Gasteiger partial charge in [-0.1, -0.05) is 0 Å². The number of ether oxygens (including phenoxy) is 1. The molecule has 0 aliphatic heterocycles. The first-order valence-electron chi connectivity index (χ1n) is 3.69. The van der Waals surface area contributed by atoms with Crippen molar-refractivity contribution in [2.75, 3.05) is 6.61 Å². The van der Waals surface area contributed by atoms with E-state index < -0.39 is 30.8 Å². The fourth-order valence-corrected chi connectivity index (χ4v) is 0.538. The molecule has 0 aliphatic rings. The zero-order valence-electron chi connectivity index (χ0n) is 7.14. The van der Waals surface area contributed by atoms with Crippen molar-refractivity contribution in [1.82, 2.24) is 0 Å². The number of esters is 2. The maximum absolute atomic E-state index is 10.7. The molecule has 0 spiro atoms. The third-order valence-corrected chi connectivity index (χ3v) is 1.12. The van der Waals surface area contributed by atoms with Crippen molar-refractivity contribution in [3.8, 4) is 0 Å². The Kier molecular flexibility index (Phi) is 5.20. The van der Waals surface area contributed by atoms with E-state index in [1.54, 1.807) is 0 Å². The smallest absolute Gasteiger partial charge is 0.345 e. The van der Waals surface area contributed by atoms with Crippen molar-refractivity contribution in [1.29, 1.82) is 0 Å². The van der Waals surface area contributed by atoms with Gasteiger partial charge in [0, 0.05) is 0 Å². The van der Waals surface area contributed by atoms with Crippen LogP contribution in [0.2, 0.25) is 0 Å². The molecular formula is C7H12O6. The van der Waals surface area contributed by atoms with Crippen molar-refractivity contribution in [2.45, 2.75) is 25.6 Å². The number of hydrogen-bond donors (Lipinski definition) is 3. The van der Waals surface area contributed by atoms with Crippen LogP contribution < -0.4 is 0 Å². The number of hydrogen-bond acceptors (Lipinski definition) is 6. The van der Waals surface area contributed by atoms with E-state index >= 15 is 0 Å². The topological polar surface area (TPSA) is 104 Å². The zero-order chi connectivity index (χ0) is 10.4. The monoisotopic (exact) mass is 192 g/mol. The first-order valence-corrected chi connectivity index (χ1v) is 3.69. The van der Waals surface area contributed by atoms with E-state index in [1.807, 2.05) is 0 Å². The molecule has 76 valence electrons. The Morgan fingerprint density at radius 3 is 2.31 bits per heavy atom. The summed E-state index contributed by atoms with van der Waals surface area (Å²) in [6, 6.07) is 0. The Morgan fingerprint density at radius 2 is 1.92 bits per heavy atom. The minimum atomic E-state index is -1.71. The molecule has 0 saturated carbocycles. The molecule has 0 aliphatic carbocycles. The molecule has 1 unspecified atom stereocenters. The van der Waals surface area contributed by atoms with Gasteiger partial charge in [-0.15, -0.1) is 0 Å². The SMILES string of the molecule is C[C@@H](O)CC(=O)OC(=O)C(O)CO. The lowest BCUT2D eigenvalue weighted by atomic mass is 10.3. The van der Waals surface area contributed by atoms with Gasteiger partial charge < -0.3 is 20.1 Å². The lowest BCUT2D eigenvalue weighted by Crippen LogP contribution is -2.29. The number of aliphatic hydroxyl groups is 3. The molecule has 0 aromatic carbocycles. The third kappa shape index (κ3) is 5.29. The third-order valence-electron chi connectivity index (χ3n) is 1.12. The Bertz CT molecular complexity index is 187. The number of carbonyl (C=O) groups is 2. The molecule has 0 aromatic rings. The van der Waals surface area contributed by atoms with Gasteiger partial charge in [-0.3, -0.25) is 4.79 Å². The maximum atomic E-state index is 10.7. The van der Waals surface area contributed by atoms with Crippen molar-refractivity contribution in [3.05, 3.63) is 0 Å². The summed E-state index contributed by atoms with van der Waals surface area (Å²) in [5, 5.41) is 25.7.